The van der Waals surface area contributed by atoms with Crippen molar-refractivity contribution in [2.24, 2.45) is 0 Å². The van der Waals surface area contributed by atoms with Gasteiger partial charge in [0.2, 0.25) is 5.95 Å². The van der Waals surface area contributed by atoms with E-state index in [1.54, 1.807) is 27.9 Å². The van der Waals surface area contributed by atoms with Crippen molar-refractivity contribution in [1.29, 1.82) is 0 Å². The summed E-state index contributed by atoms with van der Waals surface area (Å²) in [5.74, 6) is 0.557. The molecule has 12 heteroatoms. The van der Waals surface area contributed by atoms with Crippen LogP contribution < -0.4 is 15.8 Å². The standard InChI is InChI=1S/C21H21Cl2N7O3/c22-12-6-15(23)18(17(7-12)33-5-4-30-3-1-2-25-30)19-14-8-29(9-16(14)27-20(24)28-19)21(31)26-13-10-32-11-13/h1-3,6-7,13H,4-5,8-11H2,(H,26,31)(H2,24,27,28). The Kier molecular flexibility index (Phi) is 5.96. The van der Waals surface area contributed by atoms with Crippen LogP contribution in [0.15, 0.2) is 30.6 Å². The van der Waals surface area contributed by atoms with Crippen molar-refractivity contribution in [3.8, 4) is 17.0 Å². The van der Waals surface area contributed by atoms with E-state index in [4.69, 9.17) is 38.4 Å². The lowest BCUT2D eigenvalue weighted by Gasteiger charge is -2.29. The van der Waals surface area contributed by atoms with Crippen molar-refractivity contribution in [2.75, 3.05) is 25.6 Å². The van der Waals surface area contributed by atoms with Crippen molar-refractivity contribution >= 4 is 35.2 Å². The monoisotopic (exact) mass is 489 g/mol. The molecule has 2 aliphatic rings. The number of carbonyl (C=O) groups is 1. The van der Waals surface area contributed by atoms with Crippen molar-refractivity contribution < 1.29 is 14.3 Å². The summed E-state index contributed by atoms with van der Waals surface area (Å²) >= 11 is 12.9. The summed E-state index contributed by atoms with van der Waals surface area (Å²) in [4.78, 5) is 23.2. The molecule has 3 N–H and O–H groups in total. The lowest BCUT2D eigenvalue weighted by molar-refractivity contribution is -0.00211. The number of hydrogen-bond donors (Lipinski definition) is 2. The minimum absolute atomic E-state index is 0.0253. The average Bonchev–Trinajstić information content (AvgIpc) is 3.39. The number of amides is 2. The van der Waals surface area contributed by atoms with E-state index in [0.717, 1.165) is 5.56 Å². The first kappa shape index (κ1) is 21.7. The van der Waals surface area contributed by atoms with Crippen LogP contribution in [-0.4, -0.2) is 56.5 Å². The molecule has 3 aromatic rings. The van der Waals surface area contributed by atoms with Crippen molar-refractivity contribution in [3.05, 3.63) is 51.9 Å². The molecule has 2 aliphatic heterocycles. The summed E-state index contributed by atoms with van der Waals surface area (Å²) in [6.07, 6.45) is 3.55. The number of benzene rings is 1. The van der Waals surface area contributed by atoms with E-state index in [2.05, 4.69) is 20.4 Å². The van der Waals surface area contributed by atoms with Crippen molar-refractivity contribution in [1.82, 2.24) is 30.0 Å². The number of aromatic nitrogens is 4. The van der Waals surface area contributed by atoms with Crippen molar-refractivity contribution in [2.45, 2.75) is 25.7 Å². The van der Waals surface area contributed by atoms with Gasteiger partial charge in [-0.05, 0) is 18.2 Å². The van der Waals surface area contributed by atoms with Gasteiger partial charge in [-0.1, -0.05) is 23.2 Å². The summed E-state index contributed by atoms with van der Waals surface area (Å²) in [6.45, 7) is 2.55. The lowest BCUT2D eigenvalue weighted by Crippen LogP contribution is -2.52. The molecule has 2 aromatic heterocycles. The topological polar surface area (TPSA) is 120 Å². The molecule has 1 fully saturated rings. The Morgan fingerprint density at radius 3 is 2.85 bits per heavy atom. The third-order valence-electron chi connectivity index (χ3n) is 5.45. The summed E-state index contributed by atoms with van der Waals surface area (Å²) in [5.41, 5.74) is 8.54. The third-order valence-corrected chi connectivity index (χ3v) is 5.96. The quantitative estimate of drug-likeness (QED) is 0.545. The predicted molar refractivity (Wildman–Crippen MR) is 122 cm³/mol. The fourth-order valence-electron chi connectivity index (χ4n) is 3.78. The van der Waals surface area contributed by atoms with E-state index in [-0.39, 0.29) is 18.0 Å². The van der Waals surface area contributed by atoms with Crippen LogP contribution in [0, 0.1) is 0 Å². The zero-order valence-corrected chi connectivity index (χ0v) is 19.0. The van der Waals surface area contributed by atoms with E-state index in [9.17, 15) is 4.79 Å². The molecular weight excluding hydrogens is 469 g/mol. The average molecular weight is 490 g/mol. The van der Waals surface area contributed by atoms with Gasteiger partial charge in [-0.15, -0.1) is 0 Å². The summed E-state index contributed by atoms with van der Waals surface area (Å²) < 4.78 is 12.9. The largest absolute Gasteiger partial charge is 0.491 e. The van der Waals surface area contributed by atoms with E-state index in [1.807, 2.05) is 12.3 Å². The number of rotatable bonds is 6. The number of nitrogen functional groups attached to an aromatic ring is 1. The molecule has 4 heterocycles. The summed E-state index contributed by atoms with van der Waals surface area (Å²) in [7, 11) is 0. The zero-order valence-electron chi connectivity index (χ0n) is 17.5. The van der Waals surface area contributed by atoms with E-state index in [1.165, 1.54) is 0 Å². The maximum absolute atomic E-state index is 12.7. The second kappa shape index (κ2) is 9.05. The van der Waals surface area contributed by atoms with Gasteiger partial charge in [-0.2, -0.15) is 5.10 Å². The zero-order chi connectivity index (χ0) is 22.9. The van der Waals surface area contributed by atoms with Crippen LogP contribution in [0.3, 0.4) is 0 Å². The number of ether oxygens (including phenoxy) is 2. The highest BCUT2D eigenvalue weighted by molar-refractivity contribution is 6.37. The molecule has 33 heavy (non-hydrogen) atoms. The molecule has 0 bridgehead atoms. The molecule has 10 nitrogen and oxygen atoms in total. The maximum atomic E-state index is 12.7. The molecule has 1 aromatic carbocycles. The molecule has 0 spiro atoms. The highest BCUT2D eigenvalue weighted by Gasteiger charge is 2.32. The van der Waals surface area contributed by atoms with Crippen LogP contribution in [0.1, 0.15) is 11.3 Å². The van der Waals surface area contributed by atoms with Gasteiger partial charge in [-0.25, -0.2) is 14.8 Å². The van der Waals surface area contributed by atoms with Crippen LogP contribution >= 0.6 is 23.2 Å². The molecule has 0 saturated carbocycles. The van der Waals surface area contributed by atoms with Crippen LogP contribution in [-0.2, 0) is 24.4 Å². The number of hydrogen-bond acceptors (Lipinski definition) is 7. The van der Waals surface area contributed by atoms with E-state index < -0.39 is 0 Å². The van der Waals surface area contributed by atoms with Crippen molar-refractivity contribution in [3.63, 3.8) is 0 Å². The lowest BCUT2D eigenvalue weighted by atomic mass is 10.0. The first-order valence-corrected chi connectivity index (χ1v) is 11.1. The Morgan fingerprint density at radius 2 is 2.12 bits per heavy atom. The molecule has 2 amide bonds. The van der Waals surface area contributed by atoms with Gasteiger partial charge in [0.1, 0.15) is 12.4 Å². The Bertz CT molecular complexity index is 1190. The highest BCUT2D eigenvalue weighted by atomic mass is 35.5. The van der Waals surface area contributed by atoms with Gasteiger partial charge in [-0.3, -0.25) is 4.68 Å². The number of halogens is 2. The normalized spacial score (nSPS) is 15.3. The Hall–Kier alpha value is -3.08. The van der Waals surface area contributed by atoms with Gasteiger partial charge >= 0.3 is 6.03 Å². The number of nitrogens with one attached hydrogen (secondary N) is 1. The smallest absolute Gasteiger partial charge is 0.318 e. The van der Waals surface area contributed by atoms with E-state index >= 15 is 0 Å². The molecule has 0 atom stereocenters. The van der Waals surface area contributed by atoms with Crippen LogP contribution in [0.2, 0.25) is 10.0 Å². The van der Waals surface area contributed by atoms with Gasteiger partial charge in [0.05, 0.1) is 60.9 Å². The minimum atomic E-state index is -0.191. The molecule has 172 valence electrons. The number of carbonyl (C=O) groups excluding carboxylic acids is 1. The van der Waals surface area contributed by atoms with Crippen LogP contribution in [0.25, 0.3) is 11.3 Å². The van der Waals surface area contributed by atoms with Crippen LogP contribution in [0.5, 0.6) is 5.75 Å². The number of nitrogens with zero attached hydrogens (tertiary/aromatic N) is 5. The third kappa shape index (κ3) is 4.54. The highest BCUT2D eigenvalue weighted by Crippen LogP contribution is 2.42. The molecule has 0 radical (unpaired) electrons. The number of fused-ring (bicyclic) bond motifs is 1. The SMILES string of the molecule is Nc1nc2c(c(-c3c(Cl)cc(Cl)cc3OCCn3cccn3)n1)CN(C(=O)NC1COC1)C2. The number of urea groups is 1. The van der Waals surface area contributed by atoms with E-state index in [0.29, 0.717) is 72.2 Å². The molecular formula is C21H21Cl2N7O3. The van der Waals surface area contributed by atoms with Gasteiger partial charge < -0.3 is 25.4 Å². The Labute approximate surface area is 199 Å². The maximum Gasteiger partial charge on any atom is 0.318 e. The second-order valence-electron chi connectivity index (χ2n) is 7.77. The fourth-order valence-corrected chi connectivity index (χ4v) is 4.35. The summed E-state index contributed by atoms with van der Waals surface area (Å²) in [5, 5.41) is 7.92. The van der Waals surface area contributed by atoms with Gasteiger partial charge in [0, 0.05) is 23.0 Å². The predicted octanol–water partition coefficient (Wildman–Crippen LogP) is 2.73. The Balaban J connectivity index is 1.44. The Morgan fingerprint density at radius 1 is 1.27 bits per heavy atom. The molecule has 1 saturated heterocycles. The first-order valence-electron chi connectivity index (χ1n) is 10.4. The van der Waals surface area contributed by atoms with Crippen LogP contribution in [0.4, 0.5) is 10.7 Å². The van der Waals surface area contributed by atoms with Gasteiger partial charge in [0.25, 0.3) is 0 Å². The number of nitrogens with two attached hydrogens (primary N) is 1. The second-order valence-corrected chi connectivity index (χ2v) is 8.62. The minimum Gasteiger partial charge on any atom is -0.491 e. The molecule has 5 rings (SSSR count). The first-order chi connectivity index (χ1) is 16.0. The number of anilines is 1. The molecule has 0 unspecified atom stereocenters. The van der Waals surface area contributed by atoms with Gasteiger partial charge in [0.15, 0.2) is 0 Å². The molecule has 0 aliphatic carbocycles. The fraction of sp³-hybridized carbons (Fsp3) is 0.333. The summed E-state index contributed by atoms with van der Waals surface area (Å²) in [6, 6.07) is 4.99.